The van der Waals surface area contributed by atoms with E-state index in [1.807, 2.05) is 0 Å². The Balaban J connectivity index is 1.04. The van der Waals surface area contributed by atoms with Gasteiger partial charge in [-0.1, -0.05) is 211 Å². The Bertz CT molecular complexity index is 4410. The Labute approximate surface area is 464 Å². The van der Waals surface area contributed by atoms with E-state index in [4.69, 9.17) is 0 Å². The first kappa shape index (κ1) is 47.0. The number of fused-ring (bicyclic) bond motifs is 11. The van der Waals surface area contributed by atoms with Gasteiger partial charge in [0.15, 0.2) is 0 Å². The molecule has 0 heterocycles. The molecule has 12 aromatic rings. The molecule has 0 unspecified atom stereocenters. The van der Waals surface area contributed by atoms with Gasteiger partial charge in [0.25, 0.3) is 0 Å². The minimum Gasteiger partial charge on any atom is -0.310 e. The molecule has 0 radical (unpaired) electrons. The van der Waals surface area contributed by atoms with Crippen molar-refractivity contribution in [3.63, 3.8) is 0 Å². The Morgan fingerprint density at radius 2 is 0.532 bits per heavy atom. The number of anilines is 6. The lowest BCUT2D eigenvalue weighted by Gasteiger charge is -2.29. The van der Waals surface area contributed by atoms with Crippen molar-refractivity contribution in [1.82, 2.24) is 0 Å². The first-order valence-electron chi connectivity index (χ1n) is 28.0. The zero-order chi connectivity index (χ0) is 53.4. The van der Waals surface area contributed by atoms with Crippen LogP contribution in [0.3, 0.4) is 0 Å². The van der Waals surface area contributed by atoms with Crippen LogP contribution in [0.2, 0.25) is 0 Å². The van der Waals surface area contributed by atoms with E-state index in [9.17, 15) is 0 Å². The zero-order valence-electron chi connectivity index (χ0n) is 45.6. The van der Waals surface area contributed by atoms with Crippen LogP contribution in [0, 0.1) is 0 Å². The van der Waals surface area contributed by atoms with Crippen LogP contribution in [0.1, 0.15) is 74.9 Å². The van der Waals surface area contributed by atoms with Gasteiger partial charge in [-0.05, 0) is 195 Å². The third-order valence-corrected chi connectivity index (χ3v) is 18.2. The van der Waals surface area contributed by atoms with Crippen molar-refractivity contribution in [3.05, 3.63) is 288 Å². The fraction of sp³-hybridized carbons (Fsp3) is 0.117. The minimum absolute atomic E-state index is 0.0994. The van der Waals surface area contributed by atoms with Crippen molar-refractivity contribution in [3.8, 4) is 55.6 Å². The second-order valence-corrected chi connectivity index (χ2v) is 23.6. The summed E-state index contributed by atoms with van der Waals surface area (Å²) in [6, 6.07) is 95.9. The van der Waals surface area contributed by atoms with E-state index < -0.39 is 0 Å². The zero-order valence-corrected chi connectivity index (χ0v) is 45.6. The maximum atomic E-state index is 2.52. The van der Waals surface area contributed by atoms with Gasteiger partial charge in [0.05, 0.1) is 0 Å². The van der Waals surface area contributed by atoms with Gasteiger partial charge in [0.1, 0.15) is 0 Å². The summed E-state index contributed by atoms with van der Waals surface area (Å²) in [6.45, 7) is 14.3. The molecular weight excluding hydrogens is 953 g/mol. The van der Waals surface area contributed by atoms with Crippen molar-refractivity contribution in [2.45, 2.75) is 57.8 Å². The molecule has 0 saturated heterocycles. The number of hydrogen-bond donors (Lipinski definition) is 0. The van der Waals surface area contributed by atoms with Gasteiger partial charge < -0.3 is 9.80 Å². The fourth-order valence-electron chi connectivity index (χ4n) is 14.3. The SMILES string of the molecule is CC1(C)c2ccccc2-c2cc(N(c3ccccc3)c3ccc4c(-c5ccc6c(c5)C(C)(C)c5ccccc5-6)c5cc(N(c6ccccc6)c6ccccc6)ccc5c(-c5ccc6c(c5)C(C)(C)c5ccccc5-6)c4c3)ccc21. The maximum Gasteiger partial charge on any atom is 0.0468 e. The summed E-state index contributed by atoms with van der Waals surface area (Å²) in [6.07, 6.45) is 0. The number of benzene rings is 12. The first-order valence-corrected chi connectivity index (χ1v) is 28.0. The molecular formula is C77H60N2. The average Bonchev–Trinajstić information content (AvgIpc) is 4.04. The Kier molecular flexibility index (Phi) is 10.3. The Morgan fingerprint density at radius 1 is 0.215 bits per heavy atom. The van der Waals surface area contributed by atoms with E-state index in [0.29, 0.717) is 0 Å². The fourth-order valence-corrected chi connectivity index (χ4v) is 14.3. The summed E-state index contributed by atoms with van der Waals surface area (Å²) in [7, 11) is 0. The molecule has 2 nitrogen and oxygen atoms in total. The molecule has 3 aliphatic carbocycles. The number of hydrogen-bond acceptors (Lipinski definition) is 2. The second kappa shape index (κ2) is 17.4. The van der Waals surface area contributed by atoms with Crippen LogP contribution in [0.25, 0.3) is 77.2 Å². The van der Waals surface area contributed by atoms with Crippen LogP contribution in [0.15, 0.2) is 255 Å². The van der Waals surface area contributed by atoms with Crippen LogP contribution in [-0.2, 0) is 16.2 Å². The molecule has 79 heavy (non-hydrogen) atoms. The number of rotatable bonds is 8. The molecule has 0 fully saturated rings. The summed E-state index contributed by atoms with van der Waals surface area (Å²) in [5.74, 6) is 0. The highest BCUT2D eigenvalue weighted by molar-refractivity contribution is 6.23. The largest absolute Gasteiger partial charge is 0.310 e. The van der Waals surface area contributed by atoms with Gasteiger partial charge >= 0.3 is 0 Å². The van der Waals surface area contributed by atoms with E-state index in [1.165, 1.54) is 111 Å². The Morgan fingerprint density at radius 3 is 0.962 bits per heavy atom. The quantitative estimate of drug-likeness (QED) is 0.140. The van der Waals surface area contributed by atoms with Crippen molar-refractivity contribution in [2.24, 2.45) is 0 Å². The normalized spacial score (nSPS) is 14.5. The van der Waals surface area contributed by atoms with Crippen LogP contribution in [-0.4, -0.2) is 0 Å². The van der Waals surface area contributed by atoms with E-state index in [-0.39, 0.29) is 16.2 Å². The summed E-state index contributed by atoms with van der Waals surface area (Å²) in [5.41, 5.74) is 27.2. The molecule has 0 bridgehead atoms. The first-order chi connectivity index (χ1) is 38.5. The average molecular weight is 1010 g/mol. The van der Waals surface area contributed by atoms with E-state index in [2.05, 4.69) is 306 Å². The highest BCUT2D eigenvalue weighted by Gasteiger charge is 2.39. The van der Waals surface area contributed by atoms with Crippen molar-refractivity contribution < 1.29 is 0 Å². The maximum absolute atomic E-state index is 2.52. The van der Waals surface area contributed by atoms with Crippen molar-refractivity contribution in [2.75, 3.05) is 9.80 Å². The Hall–Kier alpha value is -9.24. The highest BCUT2D eigenvalue weighted by Crippen LogP contribution is 2.56. The molecule has 0 saturated carbocycles. The van der Waals surface area contributed by atoms with Gasteiger partial charge in [-0.25, -0.2) is 0 Å². The predicted molar refractivity (Wildman–Crippen MR) is 334 cm³/mol. The highest BCUT2D eigenvalue weighted by atomic mass is 15.1. The summed E-state index contributed by atoms with van der Waals surface area (Å²) in [5, 5.41) is 4.84. The lowest BCUT2D eigenvalue weighted by atomic mass is 9.79. The van der Waals surface area contributed by atoms with Crippen LogP contribution in [0.4, 0.5) is 34.1 Å². The lowest BCUT2D eigenvalue weighted by molar-refractivity contribution is 0.660. The van der Waals surface area contributed by atoms with Crippen LogP contribution in [0.5, 0.6) is 0 Å². The number of nitrogens with zero attached hydrogens (tertiary/aromatic N) is 2. The van der Waals surface area contributed by atoms with Crippen LogP contribution >= 0.6 is 0 Å². The van der Waals surface area contributed by atoms with Gasteiger partial charge in [0, 0.05) is 50.4 Å². The van der Waals surface area contributed by atoms with E-state index in [1.54, 1.807) is 0 Å². The molecule has 0 N–H and O–H groups in total. The predicted octanol–water partition coefficient (Wildman–Crippen LogP) is 21.2. The van der Waals surface area contributed by atoms with Crippen molar-refractivity contribution in [1.29, 1.82) is 0 Å². The van der Waals surface area contributed by atoms with Gasteiger partial charge in [-0.2, -0.15) is 0 Å². The molecule has 3 aliphatic rings. The third-order valence-electron chi connectivity index (χ3n) is 18.2. The monoisotopic (exact) mass is 1010 g/mol. The second-order valence-electron chi connectivity index (χ2n) is 23.6. The molecule has 0 spiro atoms. The minimum atomic E-state index is -0.183. The van der Waals surface area contributed by atoms with Gasteiger partial charge in [-0.3, -0.25) is 0 Å². The molecule has 0 aromatic heterocycles. The third kappa shape index (κ3) is 7.03. The number of para-hydroxylation sites is 3. The summed E-state index contributed by atoms with van der Waals surface area (Å²) >= 11 is 0. The van der Waals surface area contributed by atoms with Gasteiger partial charge in [-0.15, -0.1) is 0 Å². The smallest absolute Gasteiger partial charge is 0.0468 e. The van der Waals surface area contributed by atoms with Gasteiger partial charge in [0.2, 0.25) is 0 Å². The lowest BCUT2D eigenvalue weighted by Crippen LogP contribution is -2.15. The molecule has 12 aromatic carbocycles. The molecule has 0 aliphatic heterocycles. The summed E-state index contributed by atoms with van der Waals surface area (Å²) < 4.78 is 0. The molecule has 2 heteroatoms. The molecule has 15 rings (SSSR count). The standard InChI is InChI=1S/C77H60N2/c1-75(2)69-33-21-18-30-59(69)64-46-56(38-43-70(64)75)79(53-26-14-9-15-27-53)55-37-42-63-66(48-55)74(50-35-40-61-58-29-17-20-32-68(58)77(5,6)72(61)45-50)62-41-36-54(78(51-22-10-7-11-23-51)52-24-12-8-13-25-52)47-65(62)73(63)49-34-39-60-57-28-16-19-31-67(57)76(3,4)71(60)44-49/h7-48H,1-6H3. The molecule has 0 amide bonds. The molecule has 0 atom stereocenters. The van der Waals surface area contributed by atoms with E-state index in [0.717, 1.165) is 34.1 Å². The summed E-state index contributed by atoms with van der Waals surface area (Å²) in [4.78, 5) is 4.88. The molecule has 378 valence electrons. The van der Waals surface area contributed by atoms with Crippen molar-refractivity contribution >= 4 is 55.7 Å². The topological polar surface area (TPSA) is 6.48 Å². The van der Waals surface area contributed by atoms with Crippen LogP contribution < -0.4 is 9.80 Å². The van der Waals surface area contributed by atoms with E-state index >= 15 is 0 Å².